The van der Waals surface area contributed by atoms with Crippen LogP contribution in [0, 0.1) is 11.8 Å². The highest BCUT2D eigenvalue weighted by atomic mass is 16.5. The van der Waals surface area contributed by atoms with Crippen LogP contribution in [0.4, 0.5) is 0 Å². The van der Waals surface area contributed by atoms with Crippen molar-refractivity contribution in [2.45, 2.75) is 46.8 Å². The van der Waals surface area contributed by atoms with Gasteiger partial charge in [0.25, 0.3) is 5.91 Å². The van der Waals surface area contributed by atoms with Crippen LogP contribution in [0.2, 0.25) is 0 Å². The van der Waals surface area contributed by atoms with E-state index in [1.165, 1.54) is 0 Å². The number of amides is 1. The first kappa shape index (κ1) is 17.3. The molecule has 0 radical (unpaired) electrons. The first-order chi connectivity index (χ1) is 9.85. The van der Waals surface area contributed by atoms with Crippen LogP contribution in [-0.4, -0.2) is 25.2 Å². The van der Waals surface area contributed by atoms with Gasteiger partial charge in [-0.05, 0) is 43.0 Å². The van der Waals surface area contributed by atoms with Crippen LogP contribution in [0.5, 0.6) is 11.5 Å². The van der Waals surface area contributed by atoms with E-state index in [0.29, 0.717) is 17.6 Å². The van der Waals surface area contributed by atoms with Crippen molar-refractivity contribution >= 4 is 5.91 Å². The van der Waals surface area contributed by atoms with Crippen LogP contribution < -0.4 is 14.8 Å². The molecule has 118 valence electrons. The fraction of sp³-hybridized carbons (Fsp3) is 0.588. The lowest BCUT2D eigenvalue weighted by Gasteiger charge is -2.27. The Hall–Kier alpha value is -1.71. The smallest absolute Gasteiger partial charge is 0.261 e. The Morgan fingerprint density at radius 1 is 0.952 bits per heavy atom. The Morgan fingerprint density at radius 3 is 1.86 bits per heavy atom. The van der Waals surface area contributed by atoms with E-state index in [0.717, 1.165) is 5.75 Å². The Labute approximate surface area is 127 Å². The zero-order valence-electron chi connectivity index (χ0n) is 13.8. The average Bonchev–Trinajstić information content (AvgIpc) is 2.44. The molecule has 1 N–H and O–H groups in total. The predicted octanol–water partition coefficient (Wildman–Crippen LogP) is 3.26. The van der Waals surface area contributed by atoms with Crippen molar-refractivity contribution in [3.63, 3.8) is 0 Å². The minimum atomic E-state index is -0.529. The van der Waals surface area contributed by atoms with Gasteiger partial charge < -0.3 is 14.8 Å². The van der Waals surface area contributed by atoms with E-state index in [2.05, 4.69) is 33.0 Å². The van der Waals surface area contributed by atoms with Crippen molar-refractivity contribution in [3.05, 3.63) is 24.3 Å². The van der Waals surface area contributed by atoms with Gasteiger partial charge in [0.1, 0.15) is 11.5 Å². The van der Waals surface area contributed by atoms with E-state index in [-0.39, 0.29) is 11.9 Å². The molecule has 0 aliphatic carbocycles. The van der Waals surface area contributed by atoms with Crippen LogP contribution in [0.15, 0.2) is 24.3 Å². The third kappa shape index (κ3) is 5.29. The summed E-state index contributed by atoms with van der Waals surface area (Å²) in [5, 5.41) is 3.07. The van der Waals surface area contributed by atoms with Crippen molar-refractivity contribution in [1.82, 2.24) is 5.32 Å². The maximum absolute atomic E-state index is 12.2. The van der Waals surface area contributed by atoms with E-state index in [4.69, 9.17) is 9.47 Å². The molecule has 4 heteroatoms. The molecule has 0 saturated heterocycles. The SMILES string of the molecule is COc1ccc(O[C@@H](C)C(=O)NC(C(C)C)C(C)C)cc1. The molecule has 0 bridgehead atoms. The zero-order valence-corrected chi connectivity index (χ0v) is 13.8. The minimum absolute atomic E-state index is 0.0850. The van der Waals surface area contributed by atoms with Gasteiger partial charge in [-0.15, -0.1) is 0 Å². The largest absolute Gasteiger partial charge is 0.497 e. The van der Waals surface area contributed by atoms with E-state index in [9.17, 15) is 4.79 Å². The second-order valence-corrected chi connectivity index (χ2v) is 5.96. The molecule has 0 aromatic heterocycles. The van der Waals surface area contributed by atoms with Gasteiger partial charge in [-0.3, -0.25) is 4.79 Å². The standard InChI is InChI=1S/C17H27NO3/c1-11(2)16(12(3)4)18-17(19)13(5)21-15-9-7-14(20-6)8-10-15/h7-13,16H,1-6H3,(H,18,19)/t13-/m0/s1. The highest BCUT2D eigenvalue weighted by molar-refractivity contribution is 5.81. The van der Waals surface area contributed by atoms with Crippen molar-refractivity contribution < 1.29 is 14.3 Å². The number of ether oxygens (including phenoxy) is 2. The van der Waals surface area contributed by atoms with E-state index in [1.54, 1.807) is 26.2 Å². The Morgan fingerprint density at radius 2 is 1.43 bits per heavy atom. The van der Waals surface area contributed by atoms with Crippen LogP contribution in [-0.2, 0) is 4.79 Å². The lowest BCUT2D eigenvalue weighted by molar-refractivity contribution is -0.128. The molecule has 0 aliphatic heterocycles. The number of nitrogens with one attached hydrogen (secondary N) is 1. The summed E-state index contributed by atoms with van der Waals surface area (Å²) in [5.41, 5.74) is 0. The average molecular weight is 293 g/mol. The lowest BCUT2D eigenvalue weighted by atomic mass is 9.93. The fourth-order valence-electron chi connectivity index (χ4n) is 2.30. The van der Waals surface area contributed by atoms with Gasteiger partial charge in [-0.25, -0.2) is 0 Å². The summed E-state index contributed by atoms with van der Waals surface area (Å²) in [6, 6.07) is 7.37. The van der Waals surface area contributed by atoms with Crippen LogP contribution >= 0.6 is 0 Å². The van der Waals surface area contributed by atoms with Gasteiger partial charge in [0.15, 0.2) is 6.10 Å². The molecule has 1 aromatic carbocycles. The number of rotatable bonds is 7. The van der Waals surface area contributed by atoms with E-state index < -0.39 is 6.10 Å². The number of carbonyl (C=O) groups is 1. The summed E-state index contributed by atoms with van der Waals surface area (Å²) in [4.78, 5) is 12.2. The van der Waals surface area contributed by atoms with Crippen molar-refractivity contribution in [1.29, 1.82) is 0 Å². The van der Waals surface area contributed by atoms with E-state index >= 15 is 0 Å². The van der Waals surface area contributed by atoms with E-state index in [1.807, 2.05) is 12.1 Å². The van der Waals surface area contributed by atoms with Gasteiger partial charge in [0.05, 0.1) is 7.11 Å². The van der Waals surface area contributed by atoms with Crippen LogP contribution in [0.3, 0.4) is 0 Å². The highest BCUT2D eigenvalue weighted by Gasteiger charge is 2.23. The number of methoxy groups -OCH3 is 1. The fourth-order valence-corrected chi connectivity index (χ4v) is 2.30. The van der Waals surface area contributed by atoms with Gasteiger partial charge >= 0.3 is 0 Å². The summed E-state index contributed by atoms with van der Waals surface area (Å²) in [6.45, 7) is 10.2. The van der Waals surface area contributed by atoms with Crippen molar-refractivity contribution in [3.8, 4) is 11.5 Å². The molecular formula is C17H27NO3. The quantitative estimate of drug-likeness (QED) is 0.839. The number of benzene rings is 1. The highest BCUT2D eigenvalue weighted by Crippen LogP contribution is 2.18. The second-order valence-electron chi connectivity index (χ2n) is 5.96. The summed E-state index contributed by atoms with van der Waals surface area (Å²) >= 11 is 0. The first-order valence-electron chi connectivity index (χ1n) is 7.46. The van der Waals surface area contributed by atoms with Gasteiger partial charge in [-0.2, -0.15) is 0 Å². The molecule has 1 atom stereocenters. The normalized spacial score (nSPS) is 12.6. The summed E-state index contributed by atoms with van der Waals surface area (Å²) in [6.07, 6.45) is -0.529. The lowest BCUT2D eigenvalue weighted by Crippen LogP contribution is -2.47. The molecule has 0 saturated carbocycles. The molecule has 1 amide bonds. The molecular weight excluding hydrogens is 266 g/mol. The molecule has 0 unspecified atom stereocenters. The number of carbonyl (C=O) groups excluding carboxylic acids is 1. The van der Waals surface area contributed by atoms with Crippen LogP contribution in [0.25, 0.3) is 0 Å². The van der Waals surface area contributed by atoms with Gasteiger partial charge in [-0.1, -0.05) is 27.7 Å². The molecule has 0 spiro atoms. The molecule has 0 fully saturated rings. The topological polar surface area (TPSA) is 47.6 Å². The monoisotopic (exact) mass is 293 g/mol. The number of hydrogen-bond donors (Lipinski definition) is 1. The second kappa shape index (κ2) is 7.91. The molecule has 0 aliphatic rings. The van der Waals surface area contributed by atoms with Crippen LogP contribution in [0.1, 0.15) is 34.6 Å². The third-order valence-electron chi connectivity index (χ3n) is 3.49. The zero-order chi connectivity index (χ0) is 16.0. The Bertz CT molecular complexity index is 432. The Balaban J connectivity index is 2.61. The van der Waals surface area contributed by atoms with Crippen molar-refractivity contribution in [2.75, 3.05) is 7.11 Å². The summed E-state index contributed by atoms with van der Waals surface area (Å²) in [5.74, 6) is 2.12. The predicted molar refractivity (Wildman–Crippen MR) is 84.7 cm³/mol. The Kier molecular flexibility index (Phi) is 6.53. The van der Waals surface area contributed by atoms with Crippen molar-refractivity contribution in [2.24, 2.45) is 11.8 Å². The maximum atomic E-state index is 12.2. The minimum Gasteiger partial charge on any atom is -0.497 e. The molecule has 21 heavy (non-hydrogen) atoms. The summed E-state index contributed by atoms with van der Waals surface area (Å²) in [7, 11) is 1.61. The third-order valence-corrected chi connectivity index (χ3v) is 3.49. The number of hydrogen-bond acceptors (Lipinski definition) is 3. The van der Waals surface area contributed by atoms with Gasteiger partial charge in [0, 0.05) is 6.04 Å². The molecule has 1 aromatic rings. The maximum Gasteiger partial charge on any atom is 0.261 e. The molecule has 0 heterocycles. The summed E-state index contributed by atoms with van der Waals surface area (Å²) < 4.78 is 10.8. The molecule has 1 rings (SSSR count). The van der Waals surface area contributed by atoms with Gasteiger partial charge in [0.2, 0.25) is 0 Å². The first-order valence-corrected chi connectivity index (χ1v) is 7.46. The molecule has 4 nitrogen and oxygen atoms in total.